The Kier molecular flexibility index (Phi) is 6.99. The summed E-state index contributed by atoms with van der Waals surface area (Å²) in [6.45, 7) is 3.17. The summed E-state index contributed by atoms with van der Waals surface area (Å²) >= 11 is 1.31. The maximum Gasteiger partial charge on any atom is 0.268 e. The molecule has 6 aromatic rings. The van der Waals surface area contributed by atoms with E-state index in [1.165, 1.54) is 23.5 Å². The van der Waals surface area contributed by atoms with E-state index in [-0.39, 0.29) is 17.6 Å². The first-order valence-corrected chi connectivity index (χ1v) is 14.7. The predicted octanol–water partition coefficient (Wildman–Crippen LogP) is 5.91. The third-order valence-electron chi connectivity index (χ3n) is 7.55. The largest absolute Gasteiger partial charge is 0.381 e. The molecule has 0 saturated carbocycles. The van der Waals surface area contributed by atoms with Crippen molar-refractivity contribution in [2.75, 3.05) is 18.5 Å². The van der Waals surface area contributed by atoms with E-state index in [1.54, 1.807) is 35.2 Å². The van der Waals surface area contributed by atoms with Gasteiger partial charge in [0.05, 0.1) is 28.8 Å². The van der Waals surface area contributed by atoms with Crippen molar-refractivity contribution in [1.82, 2.24) is 34.3 Å². The van der Waals surface area contributed by atoms with E-state index in [1.807, 2.05) is 42.9 Å². The number of carbonyl (C=O) groups excluding carboxylic acids is 1. The number of carbonyl (C=O) groups is 1. The van der Waals surface area contributed by atoms with Gasteiger partial charge in [0.15, 0.2) is 11.5 Å². The number of imidazole rings is 1. The summed E-state index contributed by atoms with van der Waals surface area (Å²) in [7, 11) is 1.94. The van der Waals surface area contributed by atoms with Crippen LogP contribution in [0.1, 0.15) is 39.8 Å². The zero-order valence-corrected chi connectivity index (χ0v) is 24.3. The van der Waals surface area contributed by atoms with E-state index >= 15 is 0 Å². The predicted molar refractivity (Wildman–Crippen MR) is 161 cm³/mol. The second kappa shape index (κ2) is 11.1. The highest BCUT2D eigenvalue weighted by Gasteiger charge is 2.28. The Morgan fingerprint density at radius 3 is 2.63 bits per heavy atom. The maximum absolute atomic E-state index is 13.8. The Morgan fingerprint density at radius 2 is 1.86 bits per heavy atom. The number of nitrogens with zero attached hydrogens (tertiary/aromatic N) is 7. The van der Waals surface area contributed by atoms with E-state index in [9.17, 15) is 9.18 Å². The fourth-order valence-corrected chi connectivity index (χ4v) is 6.46. The molecule has 12 heteroatoms. The third-order valence-corrected chi connectivity index (χ3v) is 8.75. The van der Waals surface area contributed by atoms with Gasteiger partial charge in [0.1, 0.15) is 21.4 Å². The number of pyridine rings is 1. The van der Waals surface area contributed by atoms with Gasteiger partial charge in [0.2, 0.25) is 0 Å². The van der Waals surface area contributed by atoms with Crippen LogP contribution >= 0.6 is 11.3 Å². The Hall–Kier alpha value is -4.81. The van der Waals surface area contributed by atoms with E-state index in [2.05, 4.69) is 20.3 Å². The lowest BCUT2D eigenvalue weighted by Gasteiger charge is -2.23. The Balaban J connectivity index is 1.23. The number of fused-ring (bicyclic) bond motifs is 1. The van der Waals surface area contributed by atoms with Gasteiger partial charge in [-0.2, -0.15) is 10.2 Å². The molecule has 1 fully saturated rings. The van der Waals surface area contributed by atoms with Crippen LogP contribution in [0.2, 0.25) is 0 Å². The van der Waals surface area contributed by atoms with Gasteiger partial charge in [0.25, 0.3) is 5.91 Å². The number of halogens is 1. The molecule has 0 aliphatic carbocycles. The summed E-state index contributed by atoms with van der Waals surface area (Å²) in [4.78, 5) is 27.0. The van der Waals surface area contributed by atoms with Gasteiger partial charge >= 0.3 is 0 Å². The van der Waals surface area contributed by atoms with Gasteiger partial charge in [-0.3, -0.25) is 14.5 Å². The molecule has 0 atom stereocenters. The molecule has 0 radical (unpaired) electrons. The average Bonchev–Trinajstić information content (AvgIpc) is 3.72. The van der Waals surface area contributed by atoms with Crippen molar-refractivity contribution in [3.8, 4) is 33.1 Å². The van der Waals surface area contributed by atoms with Gasteiger partial charge in [-0.1, -0.05) is 0 Å². The molecule has 1 N–H and O–H groups in total. The number of aromatic nitrogens is 7. The minimum absolute atomic E-state index is 0.241. The lowest BCUT2D eigenvalue weighted by Crippen LogP contribution is -2.17. The molecule has 1 aromatic carbocycles. The molecule has 1 saturated heterocycles. The molecule has 6 heterocycles. The molecule has 5 aromatic heterocycles. The Morgan fingerprint density at radius 1 is 1.05 bits per heavy atom. The first kappa shape index (κ1) is 27.0. The SMILES string of the molecule is Cc1nc(-c2cccnc2)sc1C(=O)Nc1cn2nc(-c3c(-c4ccc(F)cc4)nn(C)c3C3CCOCC3)ccc2n1. The van der Waals surface area contributed by atoms with Crippen LogP contribution in [0.15, 0.2) is 67.1 Å². The zero-order chi connectivity index (χ0) is 29.5. The smallest absolute Gasteiger partial charge is 0.268 e. The quantitative estimate of drug-likeness (QED) is 0.255. The number of ether oxygens (including phenoxy) is 1. The van der Waals surface area contributed by atoms with Crippen molar-refractivity contribution in [3.05, 3.63) is 89.2 Å². The molecule has 1 amide bonds. The lowest BCUT2D eigenvalue weighted by atomic mass is 9.90. The molecule has 0 spiro atoms. The molecule has 0 bridgehead atoms. The van der Waals surface area contributed by atoms with Crippen LogP contribution < -0.4 is 5.32 Å². The van der Waals surface area contributed by atoms with Crippen molar-refractivity contribution < 1.29 is 13.9 Å². The van der Waals surface area contributed by atoms with Crippen LogP contribution in [0.5, 0.6) is 0 Å². The van der Waals surface area contributed by atoms with Gasteiger partial charge in [-0.05, 0) is 68.3 Å². The minimum Gasteiger partial charge on any atom is -0.381 e. The highest BCUT2D eigenvalue weighted by atomic mass is 32.1. The Labute approximate surface area is 250 Å². The number of hydrogen-bond donors (Lipinski definition) is 1. The summed E-state index contributed by atoms with van der Waals surface area (Å²) in [6, 6.07) is 13.9. The number of rotatable bonds is 6. The standard InChI is InChI=1S/C31H27FN8O2S/c1-18-29(43-31(34-18)21-4-3-13-33-16-21)30(41)36-24-17-40-25(35-24)10-9-23(37-40)26-27(19-5-7-22(32)8-6-19)38-39(2)28(26)20-11-14-42-15-12-20/h3-10,13,16-17,20H,11-12,14-15H2,1-2H3,(H,36,41). The number of benzene rings is 1. The molecule has 0 unspecified atom stereocenters. The van der Waals surface area contributed by atoms with Crippen LogP contribution in [-0.2, 0) is 11.8 Å². The molecular formula is C31H27FN8O2S. The van der Waals surface area contributed by atoms with Gasteiger partial charge in [0, 0.05) is 49.7 Å². The highest BCUT2D eigenvalue weighted by Crippen LogP contribution is 2.40. The maximum atomic E-state index is 13.8. The van der Waals surface area contributed by atoms with Crippen molar-refractivity contribution in [2.24, 2.45) is 7.05 Å². The number of amides is 1. The second-order valence-electron chi connectivity index (χ2n) is 10.4. The summed E-state index contributed by atoms with van der Waals surface area (Å²) in [6.07, 6.45) is 6.86. The van der Waals surface area contributed by atoms with Crippen molar-refractivity contribution in [1.29, 1.82) is 0 Å². The zero-order valence-electron chi connectivity index (χ0n) is 23.5. The van der Waals surface area contributed by atoms with Crippen LogP contribution in [0.25, 0.3) is 38.7 Å². The fourth-order valence-electron chi connectivity index (χ4n) is 5.51. The number of aryl methyl sites for hydroxylation is 2. The lowest BCUT2D eigenvalue weighted by molar-refractivity contribution is 0.0838. The molecular weight excluding hydrogens is 567 g/mol. The van der Waals surface area contributed by atoms with Crippen molar-refractivity contribution in [3.63, 3.8) is 0 Å². The van der Waals surface area contributed by atoms with E-state index in [0.717, 1.165) is 45.9 Å². The van der Waals surface area contributed by atoms with Gasteiger partial charge in [-0.15, -0.1) is 11.3 Å². The number of thiazole rings is 1. The number of nitrogens with one attached hydrogen (secondary N) is 1. The van der Waals surface area contributed by atoms with Gasteiger partial charge in [-0.25, -0.2) is 18.9 Å². The van der Waals surface area contributed by atoms with E-state index < -0.39 is 0 Å². The molecule has 216 valence electrons. The van der Waals surface area contributed by atoms with Crippen LogP contribution in [-0.4, -0.2) is 53.5 Å². The third kappa shape index (κ3) is 5.19. The van der Waals surface area contributed by atoms with Crippen LogP contribution in [0.4, 0.5) is 10.2 Å². The van der Waals surface area contributed by atoms with E-state index in [0.29, 0.717) is 40.9 Å². The molecule has 10 nitrogen and oxygen atoms in total. The van der Waals surface area contributed by atoms with Crippen molar-refractivity contribution in [2.45, 2.75) is 25.7 Å². The summed E-state index contributed by atoms with van der Waals surface area (Å²) in [5.74, 6) is 0.0198. The fraction of sp³-hybridized carbons (Fsp3) is 0.226. The number of anilines is 1. The first-order chi connectivity index (χ1) is 20.9. The minimum atomic E-state index is -0.305. The topological polar surface area (TPSA) is 112 Å². The molecule has 1 aliphatic heterocycles. The van der Waals surface area contributed by atoms with Gasteiger partial charge < -0.3 is 10.1 Å². The summed E-state index contributed by atoms with van der Waals surface area (Å²) in [5, 5.41) is 13.4. The molecule has 1 aliphatic rings. The normalized spacial score (nSPS) is 13.9. The summed E-state index contributed by atoms with van der Waals surface area (Å²) in [5.41, 5.74) is 6.27. The second-order valence-corrected chi connectivity index (χ2v) is 11.4. The molecule has 43 heavy (non-hydrogen) atoms. The van der Waals surface area contributed by atoms with Crippen LogP contribution in [0, 0.1) is 12.7 Å². The average molecular weight is 595 g/mol. The van der Waals surface area contributed by atoms with E-state index in [4.69, 9.17) is 14.9 Å². The molecule has 7 rings (SSSR count). The monoisotopic (exact) mass is 594 g/mol. The first-order valence-electron chi connectivity index (χ1n) is 13.9. The summed E-state index contributed by atoms with van der Waals surface area (Å²) < 4.78 is 23.0. The highest BCUT2D eigenvalue weighted by molar-refractivity contribution is 7.17. The van der Waals surface area contributed by atoms with Crippen LogP contribution in [0.3, 0.4) is 0 Å². The van der Waals surface area contributed by atoms with Crippen molar-refractivity contribution >= 4 is 28.7 Å². The Bertz CT molecular complexity index is 1940. The number of hydrogen-bond acceptors (Lipinski definition) is 8.